The highest BCUT2D eigenvalue weighted by atomic mass is 79.9. The van der Waals surface area contributed by atoms with E-state index >= 15 is 0 Å². The molecule has 3 nitrogen and oxygen atoms in total. The van der Waals surface area contributed by atoms with Gasteiger partial charge in [-0.1, -0.05) is 41.4 Å². The molecule has 1 aromatic carbocycles. The molecule has 0 aromatic heterocycles. The lowest BCUT2D eigenvalue weighted by atomic mass is 9.87. The molecule has 1 rings (SSSR count). The van der Waals surface area contributed by atoms with Crippen molar-refractivity contribution in [2.24, 2.45) is 11.8 Å². The quantitative estimate of drug-likeness (QED) is 0.892. The fourth-order valence-electron chi connectivity index (χ4n) is 1.52. The van der Waals surface area contributed by atoms with Gasteiger partial charge in [-0.05, 0) is 29.7 Å². The molecule has 94 valence electrons. The highest BCUT2D eigenvalue weighted by Crippen LogP contribution is 2.34. The predicted octanol–water partition coefficient (Wildman–Crippen LogP) is 3.49. The maximum Gasteiger partial charge on any atom is 0.306 e. The summed E-state index contributed by atoms with van der Waals surface area (Å²) < 4.78 is 0.721. The first kappa shape index (κ1) is 14.5. The number of rotatable bonds is 4. The van der Waals surface area contributed by atoms with E-state index in [1.807, 2.05) is 0 Å². The monoisotopic (exact) mass is 320 g/mol. The Morgan fingerprint density at radius 2 is 2.00 bits per heavy atom. The molecule has 0 heterocycles. The van der Waals surface area contributed by atoms with Crippen molar-refractivity contribution in [3.63, 3.8) is 0 Å². The maximum atomic E-state index is 10.9. The lowest BCUT2D eigenvalue weighted by molar-refractivity contribution is -0.144. The second kappa shape index (κ2) is 5.85. The predicted molar refractivity (Wildman–Crippen MR) is 70.1 cm³/mol. The smallest absolute Gasteiger partial charge is 0.306 e. The van der Waals surface area contributed by atoms with E-state index in [-0.39, 0.29) is 0 Å². The molecular formula is C12H14BrClO3. The molecule has 0 amide bonds. The lowest BCUT2D eigenvalue weighted by Gasteiger charge is -2.23. The van der Waals surface area contributed by atoms with E-state index < -0.39 is 23.9 Å². The molecule has 0 spiro atoms. The van der Waals surface area contributed by atoms with Crippen molar-refractivity contribution in [3.8, 4) is 0 Å². The van der Waals surface area contributed by atoms with E-state index in [9.17, 15) is 9.90 Å². The fraction of sp³-hybridized carbons (Fsp3) is 0.417. The molecule has 17 heavy (non-hydrogen) atoms. The van der Waals surface area contributed by atoms with Crippen molar-refractivity contribution in [2.45, 2.75) is 20.0 Å². The zero-order valence-electron chi connectivity index (χ0n) is 9.52. The molecule has 3 atom stereocenters. The maximum absolute atomic E-state index is 10.9. The van der Waals surface area contributed by atoms with Crippen molar-refractivity contribution in [1.29, 1.82) is 0 Å². The van der Waals surface area contributed by atoms with Crippen LogP contribution in [0.4, 0.5) is 0 Å². The molecule has 5 heteroatoms. The van der Waals surface area contributed by atoms with E-state index in [0.29, 0.717) is 10.6 Å². The molecule has 3 unspecified atom stereocenters. The Morgan fingerprint density at radius 1 is 1.41 bits per heavy atom. The lowest BCUT2D eigenvalue weighted by Crippen LogP contribution is -2.24. The summed E-state index contributed by atoms with van der Waals surface area (Å²) >= 11 is 9.18. The van der Waals surface area contributed by atoms with Gasteiger partial charge in [-0.2, -0.15) is 0 Å². The third-order valence-electron chi connectivity index (χ3n) is 2.95. The molecule has 0 radical (unpaired) electrons. The molecule has 0 saturated carbocycles. The van der Waals surface area contributed by atoms with Gasteiger partial charge in [0.25, 0.3) is 0 Å². The van der Waals surface area contributed by atoms with Crippen LogP contribution >= 0.6 is 27.5 Å². The molecule has 0 aliphatic carbocycles. The number of aliphatic hydroxyl groups excluding tert-OH is 1. The van der Waals surface area contributed by atoms with Gasteiger partial charge < -0.3 is 10.2 Å². The summed E-state index contributed by atoms with van der Waals surface area (Å²) in [6.07, 6.45) is -0.867. The molecule has 0 bridgehead atoms. The van der Waals surface area contributed by atoms with Gasteiger partial charge in [-0.3, -0.25) is 4.79 Å². The van der Waals surface area contributed by atoms with Crippen molar-refractivity contribution in [1.82, 2.24) is 0 Å². The van der Waals surface area contributed by atoms with E-state index in [2.05, 4.69) is 15.9 Å². The minimum atomic E-state index is -0.922. The third-order valence-corrected chi connectivity index (χ3v) is 3.91. The molecule has 1 aromatic rings. The van der Waals surface area contributed by atoms with Crippen LogP contribution in [0.15, 0.2) is 22.7 Å². The first-order chi connectivity index (χ1) is 7.84. The summed E-state index contributed by atoms with van der Waals surface area (Å²) in [5.74, 6) is -1.95. The molecule has 2 N–H and O–H groups in total. The Bertz CT molecular complexity index is 422. The first-order valence-electron chi connectivity index (χ1n) is 5.20. The van der Waals surface area contributed by atoms with Crippen molar-refractivity contribution in [3.05, 3.63) is 33.3 Å². The molecule has 0 fully saturated rings. The standard InChI is InChI=1S/C12H14BrClO3/c1-6(7(2)12(16)17)11(15)9-5-8(14)3-4-10(9)13/h3-7,11,15H,1-2H3,(H,16,17). The van der Waals surface area contributed by atoms with Crippen LogP contribution in [0.5, 0.6) is 0 Å². The number of hydrogen-bond acceptors (Lipinski definition) is 2. The van der Waals surface area contributed by atoms with Gasteiger partial charge in [0.15, 0.2) is 0 Å². The number of carboxylic acid groups (broad SMARTS) is 1. The van der Waals surface area contributed by atoms with Gasteiger partial charge >= 0.3 is 5.97 Å². The Labute approximate surface area is 114 Å². The summed E-state index contributed by atoms with van der Waals surface area (Å²) in [6, 6.07) is 5.08. The van der Waals surface area contributed by atoms with E-state index in [4.69, 9.17) is 16.7 Å². The van der Waals surface area contributed by atoms with Crippen LogP contribution < -0.4 is 0 Å². The zero-order chi connectivity index (χ0) is 13.2. The largest absolute Gasteiger partial charge is 0.481 e. The summed E-state index contributed by atoms with van der Waals surface area (Å²) in [5.41, 5.74) is 0.609. The highest BCUT2D eigenvalue weighted by Gasteiger charge is 2.28. The topological polar surface area (TPSA) is 57.5 Å². The van der Waals surface area contributed by atoms with Crippen LogP contribution in [0.1, 0.15) is 25.5 Å². The Morgan fingerprint density at radius 3 is 2.53 bits per heavy atom. The fourth-order valence-corrected chi connectivity index (χ4v) is 2.18. The SMILES string of the molecule is CC(C(=O)O)C(C)C(O)c1cc(Cl)ccc1Br. The minimum Gasteiger partial charge on any atom is -0.481 e. The minimum absolute atomic E-state index is 0.401. The van der Waals surface area contributed by atoms with Gasteiger partial charge in [0.2, 0.25) is 0 Å². The average molecular weight is 322 g/mol. The Kier molecular flexibility index (Phi) is 4.98. The van der Waals surface area contributed by atoms with Gasteiger partial charge in [0.05, 0.1) is 12.0 Å². The zero-order valence-corrected chi connectivity index (χ0v) is 11.9. The van der Waals surface area contributed by atoms with Gasteiger partial charge in [0.1, 0.15) is 0 Å². The van der Waals surface area contributed by atoms with E-state index in [1.165, 1.54) is 0 Å². The number of benzene rings is 1. The number of aliphatic carboxylic acids is 1. The third kappa shape index (κ3) is 3.44. The number of carboxylic acids is 1. The van der Waals surface area contributed by atoms with Crippen LogP contribution in [0.25, 0.3) is 0 Å². The molecule has 0 aliphatic rings. The summed E-state index contributed by atoms with van der Waals surface area (Å²) in [5, 5.41) is 19.6. The second-order valence-corrected chi connectivity index (χ2v) is 5.39. The number of carbonyl (C=O) groups is 1. The van der Waals surface area contributed by atoms with E-state index in [1.54, 1.807) is 32.0 Å². The molecule has 0 aliphatic heterocycles. The normalized spacial score (nSPS) is 16.3. The first-order valence-corrected chi connectivity index (χ1v) is 6.37. The average Bonchev–Trinajstić information content (AvgIpc) is 2.29. The van der Waals surface area contributed by atoms with Crippen molar-refractivity contribution < 1.29 is 15.0 Å². The number of hydrogen-bond donors (Lipinski definition) is 2. The van der Waals surface area contributed by atoms with Crippen LogP contribution in [0.3, 0.4) is 0 Å². The molecular weight excluding hydrogens is 307 g/mol. The van der Waals surface area contributed by atoms with Crippen LogP contribution in [0, 0.1) is 11.8 Å². The van der Waals surface area contributed by atoms with E-state index in [0.717, 1.165) is 4.47 Å². The number of halogens is 2. The second-order valence-electron chi connectivity index (χ2n) is 4.10. The van der Waals surface area contributed by atoms with Crippen molar-refractivity contribution in [2.75, 3.05) is 0 Å². The van der Waals surface area contributed by atoms with Gasteiger partial charge in [0, 0.05) is 9.50 Å². The molecule has 0 saturated heterocycles. The summed E-state index contributed by atoms with van der Waals surface area (Å²) in [4.78, 5) is 10.9. The van der Waals surface area contributed by atoms with Crippen molar-refractivity contribution >= 4 is 33.5 Å². The Hall–Kier alpha value is -0.580. The summed E-state index contributed by atoms with van der Waals surface area (Å²) in [6.45, 7) is 3.28. The Balaban J connectivity index is 2.99. The van der Waals surface area contributed by atoms with Gasteiger partial charge in [-0.15, -0.1) is 0 Å². The van der Waals surface area contributed by atoms with Crippen LogP contribution in [-0.4, -0.2) is 16.2 Å². The van der Waals surface area contributed by atoms with Crippen LogP contribution in [-0.2, 0) is 4.79 Å². The van der Waals surface area contributed by atoms with Crippen LogP contribution in [0.2, 0.25) is 5.02 Å². The number of aliphatic hydroxyl groups is 1. The summed E-state index contributed by atoms with van der Waals surface area (Å²) in [7, 11) is 0. The van der Waals surface area contributed by atoms with Gasteiger partial charge in [-0.25, -0.2) is 0 Å². The highest BCUT2D eigenvalue weighted by molar-refractivity contribution is 9.10.